The monoisotopic (exact) mass is 334 g/mol. The minimum absolute atomic E-state index is 0.00944. The van der Waals surface area contributed by atoms with Crippen LogP contribution in [0, 0.1) is 6.92 Å². The Labute approximate surface area is 135 Å². The van der Waals surface area contributed by atoms with Crippen LogP contribution in [-0.4, -0.2) is 28.0 Å². The number of nitrogens with zero attached hydrogens (tertiary/aromatic N) is 1. The van der Waals surface area contributed by atoms with E-state index in [2.05, 4.69) is 0 Å². The quantitative estimate of drug-likeness (QED) is 0.785. The van der Waals surface area contributed by atoms with Crippen LogP contribution in [0.4, 0.5) is 5.69 Å². The van der Waals surface area contributed by atoms with Gasteiger partial charge in [0.25, 0.3) is 10.0 Å². The molecule has 0 atom stereocenters. The molecular formula is C16H16NO5S-. The van der Waals surface area contributed by atoms with Crippen molar-refractivity contribution in [1.82, 2.24) is 0 Å². The number of aryl methyl sites for hydroxylation is 1. The molecule has 122 valence electrons. The Morgan fingerprint density at radius 1 is 1.17 bits per heavy atom. The molecule has 0 bridgehead atoms. The van der Waals surface area contributed by atoms with Gasteiger partial charge in [-0.2, -0.15) is 0 Å². The summed E-state index contributed by atoms with van der Waals surface area (Å²) >= 11 is 0. The van der Waals surface area contributed by atoms with Gasteiger partial charge in [-0.1, -0.05) is 24.3 Å². The van der Waals surface area contributed by atoms with Crippen LogP contribution >= 0.6 is 0 Å². The number of sulfonamides is 1. The molecule has 0 unspecified atom stereocenters. The van der Waals surface area contributed by atoms with E-state index in [0.717, 1.165) is 9.87 Å². The fourth-order valence-corrected chi connectivity index (χ4v) is 3.56. The topological polar surface area (TPSA) is 86.7 Å². The van der Waals surface area contributed by atoms with Crippen LogP contribution in [0.5, 0.6) is 5.75 Å². The maximum atomic E-state index is 12.8. The van der Waals surface area contributed by atoms with Gasteiger partial charge in [0.2, 0.25) is 0 Å². The van der Waals surface area contributed by atoms with Gasteiger partial charge in [0.15, 0.2) is 0 Å². The molecule has 0 aliphatic carbocycles. The number of hydrogen-bond acceptors (Lipinski definition) is 5. The van der Waals surface area contributed by atoms with Crippen molar-refractivity contribution in [2.24, 2.45) is 0 Å². The van der Waals surface area contributed by atoms with Crippen molar-refractivity contribution < 1.29 is 23.1 Å². The van der Waals surface area contributed by atoms with Crippen molar-refractivity contribution in [2.75, 3.05) is 18.0 Å². The van der Waals surface area contributed by atoms with Crippen LogP contribution in [0.25, 0.3) is 0 Å². The molecule has 7 heteroatoms. The number of carboxylic acids is 1. The third-order valence-electron chi connectivity index (χ3n) is 3.21. The molecule has 0 saturated heterocycles. The lowest BCUT2D eigenvalue weighted by Gasteiger charge is -2.26. The summed E-state index contributed by atoms with van der Waals surface area (Å²) in [6, 6.07) is 12.5. The normalized spacial score (nSPS) is 11.0. The number of ether oxygens (including phenoxy) is 1. The molecular weight excluding hydrogens is 318 g/mol. The van der Waals surface area contributed by atoms with Crippen molar-refractivity contribution in [3.05, 3.63) is 54.1 Å². The molecule has 6 nitrogen and oxygen atoms in total. The summed E-state index contributed by atoms with van der Waals surface area (Å²) in [7, 11) is -2.68. The van der Waals surface area contributed by atoms with E-state index in [0.29, 0.717) is 0 Å². The van der Waals surface area contributed by atoms with Crippen molar-refractivity contribution in [3.8, 4) is 5.75 Å². The van der Waals surface area contributed by atoms with Gasteiger partial charge in [-0.05, 0) is 36.8 Å². The molecule has 0 N–H and O–H groups in total. The van der Waals surface area contributed by atoms with Crippen molar-refractivity contribution in [1.29, 1.82) is 0 Å². The molecule has 0 aliphatic heterocycles. The maximum Gasteiger partial charge on any atom is 0.264 e. The number of carboxylic acid groups (broad SMARTS) is 1. The second-order valence-corrected chi connectivity index (χ2v) is 6.73. The first kappa shape index (κ1) is 16.8. The number of hydrogen-bond donors (Lipinski definition) is 0. The predicted octanol–water partition coefficient (Wildman–Crippen LogP) is 0.949. The minimum Gasteiger partial charge on any atom is -0.548 e. The number of anilines is 1. The average molecular weight is 334 g/mol. The molecule has 0 heterocycles. The van der Waals surface area contributed by atoms with Gasteiger partial charge >= 0.3 is 0 Å². The fourth-order valence-electron chi connectivity index (χ4n) is 2.13. The summed E-state index contributed by atoms with van der Waals surface area (Å²) in [4.78, 5) is 11.1. The molecule has 0 radical (unpaired) electrons. The highest BCUT2D eigenvalue weighted by Crippen LogP contribution is 2.33. The van der Waals surface area contributed by atoms with E-state index < -0.39 is 22.5 Å². The van der Waals surface area contributed by atoms with Crippen molar-refractivity contribution in [2.45, 2.75) is 11.8 Å². The summed E-state index contributed by atoms with van der Waals surface area (Å²) in [5.41, 5.74) is 0.924. The Hall–Kier alpha value is -2.54. The lowest BCUT2D eigenvalue weighted by molar-refractivity contribution is -0.303. The SMILES string of the molecule is COc1ccc(C)cc1N(CC(=O)[O-])S(=O)(=O)c1ccccc1. The molecule has 23 heavy (non-hydrogen) atoms. The average Bonchev–Trinajstić information content (AvgIpc) is 2.53. The lowest BCUT2D eigenvalue weighted by Crippen LogP contribution is -2.41. The third-order valence-corrected chi connectivity index (χ3v) is 4.98. The molecule has 2 aromatic carbocycles. The molecule has 2 aromatic rings. The third kappa shape index (κ3) is 3.62. The Kier molecular flexibility index (Phi) is 4.90. The van der Waals surface area contributed by atoms with Crippen LogP contribution in [0.15, 0.2) is 53.4 Å². The standard InChI is InChI=1S/C16H17NO5S/c1-12-8-9-15(22-2)14(10-12)17(11-16(18)19)23(20,21)13-6-4-3-5-7-13/h3-10H,11H2,1-2H3,(H,18,19)/p-1. The van der Waals surface area contributed by atoms with Gasteiger partial charge in [0.05, 0.1) is 30.2 Å². The Bertz CT molecular complexity index is 802. The minimum atomic E-state index is -4.07. The van der Waals surface area contributed by atoms with E-state index in [1.165, 1.54) is 19.2 Å². The van der Waals surface area contributed by atoms with Crippen LogP contribution < -0.4 is 14.1 Å². The molecule has 0 saturated carbocycles. The number of methoxy groups -OCH3 is 1. The summed E-state index contributed by atoms with van der Waals surface area (Å²) in [6.07, 6.45) is 0. The van der Waals surface area contributed by atoms with E-state index in [-0.39, 0.29) is 16.3 Å². The Morgan fingerprint density at radius 3 is 2.39 bits per heavy atom. The molecule has 2 rings (SSSR count). The zero-order valence-corrected chi connectivity index (χ0v) is 13.5. The van der Waals surface area contributed by atoms with Crippen LogP contribution in [0.3, 0.4) is 0 Å². The van der Waals surface area contributed by atoms with Gasteiger partial charge in [-0.3, -0.25) is 4.31 Å². The molecule has 0 amide bonds. The molecule has 0 aromatic heterocycles. The zero-order valence-electron chi connectivity index (χ0n) is 12.7. The summed E-state index contributed by atoms with van der Waals surface area (Å²) < 4.78 is 31.6. The lowest BCUT2D eigenvalue weighted by atomic mass is 10.2. The number of aliphatic carboxylic acids is 1. The fraction of sp³-hybridized carbons (Fsp3) is 0.188. The molecule has 0 aliphatic rings. The van der Waals surface area contributed by atoms with Crippen LogP contribution in [0.2, 0.25) is 0 Å². The highest BCUT2D eigenvalue weighted by atomic mass is 32.2. The first-order valence-electron chi connectivity index (χ1n) is 6.78. The first-order chi connectivity index (χ1) is 10.9. The number of carbonyl (C=O) groups is 1. The Morgan fingerprint density at radius 2 is 1.83 bits per heavy atom. The van der Waals surface area contributed by atoms with E-state index in [9.17, 15) is 18.3 Å². The number of benzene rings is 2. The number of rotatable bonds is 6. The van der Waals surface area contributed by atoms with Gasteiger partial charge in [-0.15, -0.1) is 0 Å². The maximum absolute atomic E-state index is 12.8. The summed E-state index contributed by atoms with van der Waals surface area (Å²) in [5, 5.41) is 11.1. The Balaban J connectivity index is 2.63. The van der Waals surface area contributed by atoms with Gasteiger partial charge in [-0.25, -0.2) is 8.42 Å². The first-order valence-corrected chi connectivity index (χ1v) is 8.22. The second kappa shape index (κ2) is 6.70. The van der Waals surface area contributed by atoms with Gasteiger partial charge in [0, 0.05) is 0 Å². The van der Waals surface area contributed by atoms with E-state index in [1.807, 2.05) is 0 Å². The van der Waals surface area contributed by atoms with E-state index in [4.69, 9.17) is 4.74 Å². The van der Waals surface area contributed by atoms with Crippen LogP contribution in [0.1, 0.15) is 5.56 Å². The number of carbonyl (C=O) groups excluding carboxylic acids is 1. The van der Waals surface area contributed by atoms with E-state index in [1.54, 1.807) is 43.3 Å². The highest BCUT2D eigenvalue weighted by molar-refractivity contribution is 7.92. The summed E-state index contributed by atoms with van der Waals surface area (Å²) in [6.45, 7) is 0.965. The second-order valence-electron chi connectivity index (χ2n) is 4.87. The predicted molar refractivity (Wildman–Crippen MR) is 83.7 cm³/mol. The van der Waals surface area contributed by atoms with Crippen LogP contribution in [-0.2, 0) is 14.8 Å². The highest BCUT2D eigenvalue weighted by Gasteiger charge is 2.27. The zero-order chi connectivity index (χ0) is 17.0. The molecule has 0 fully saturated rings. The van der Waals surface area contributed by atoms with Crippen molar-refractivity contribution in [3.63, 3.8) is 0 Å². The van der Waals surface area contributed by atoms with Crippen molar-refractivity contribution >= 4 is 21.7 Å². The largest absolute Gasteiger partial charge is 0.548 e. The smallest absolute Gasteiger partial charge is 0.264 e. The van der Waals surface area contributed by atoms with E-state index >= 15 is 0 Å². The van der Waals surface area contributed by atoms with Gasteiger partial charge < -0.3 is 14.6 Å². The summed E-state index contributed by atoms with van der Waals surface area (Å²) in [5.74, 6) is -1.25. The van der Waals surface area contributed by atoms with Gasteiger partial charge in [0.1, 0.15) is 5.75 Å². The molecule has 0 spiro atoms.